The van der Waals surface area contributed by atoms with Crippen molar-refractivity contribution in [2.24, 2.45) is 5.73 Å². The van der Waals surface area contributed by atoms with Crippen LogP contribution >= 0.6 is 11.6 Å². The molecule has 0 fully saturated rings. The molecule has 0 bridgehead atoms. The number of aryl methyl sites for hydroxylation is 1. The van der Waals surface area contributed by atoms with Gasteiger partial charge in [0.25, 0.3) is 0 Å². The zero-order valence-corrected chi connectivity index (χ0v) is 9.90. The number of Topliss-reactive ketones (excluding diaryl/α,β-unsaturated/α-hetero) is 1. The molecule has 0 saturated carbocycles. The molecule has 1 aromatic carbocycles. The summed E-state index contributed by atoms with van der Waals surface area (Å²) < 4.78 is 18.5. The molecule has 0 heterocycles. The van der Waals surface area contributed by atoms with E-state index in [1.165, 1.54) is 13.2 Å². The first-order chi connectivity index (χ1) is 7.52. The van der Waals surface area contributed by atoms with E-state index in [1.54, 1.807) is 6.92 Å². The topological polar surface area (TPSA) is 52.3 Å². The van der Waals surface area contributed by atoms with Gasteiger partial charge < -0.3 is 10.5 Å². The minimum Gasteiger partial charge on any atom is -0.496 e. The molecule has 0 amide bonds. The Hall–Kier alpha value is -1.13. The van der Waals surface area contributed by atoms with Crippen LogP contribution < -0.4 is 10.5 Å². The lowest BCUT2D eigenvalue weighted by molar-refractivity contribution is 0.0982. The van der Waals surface area contributed by atoms with Gasteiger partial charge in [-0.15, -0.1) is 0 Å². The number of ether oxygens (including phenoxy) is 1. The smallest absolute Gasteiger partial charge is 0.169 e. The summed E-state index contributed by atoms with van der Waals surface area (Å²) in [6.07, 6.45) is 0.110. The van der Waals surface area contributed by atoms with E-state index in [-0.39, 0.29) is 29.3 Å². The fourth-order valence-corrected chi connectivity index (χ4v) is 1.75. The summed E-state index contributed by atoms with van der Waals surface area (Å²) >= 11 is 5.76. The lowest BCUT2D eigenvalue weighted by atomic mass is 10.0. The van der Waals surface area contributed by atoms with E-state index in [0.29, 0.717) is 11.3 Å². The van der Waals surface area contributed by atoms with Crippen LogP contribution in [0.1, 0.15) is 22.3 Å². The van der Waals surface area contributed by atoms with Crippen molar-refractivity contribution in [3.8, 4) is 5.75 Å². The third kappa shape index (κ3) is 2.33. The van der Waals surface area contributed by atoms with Crippen molar-refractivity contribution in [1.82, 2.24) is 0 Å². The van der Waals surface area contributed by atoms with Crippen molar-refractivity contribution in [3.63, 3.8) is 0 Å². The Labute approximate surface area is 98.3 Å². The van der Waals surface area contributed by atoms with Gasteiger partial charge in [0.15, 0.2) is 5.78 Å². The summed E-state index contributed by atoms with van der Waals surface area (Å²) in [6, 6.07) is 1.24. The standard InChI is InChI=1S/C11H13ClFNO2/c1-6-5-7(13)10(12)9(11(6)16-2)8(15)3-4-14/h5H,3-4,14H2,1-2H3. The van der Waals surface area contributed by atoms with Gasteiger partial charge in [0.1, 0.15) is 11.6 Å². The average Bonchev–Trinajstić information content (AvgIpc) is 2.23. The number of halogens is 2. The van der Waals surface area contributed by atoms with Crippen molar-refractivity contribution >= 4 is 17.4 Å². The first-order valence-corrected chi connectivity index (χ1v) is 5.16. The second-order valence-electron chi connectivity index (χ2n) is 3.36. The number of benzene rings is 1. The highest BCUT2D eigenvalue weighted by atomic mass is 35.5. The SMILES string of the molecule is COc1c(C)cc(F)c(Cl)c1C(=O)CCN. The Balaban J connectivity index is 3.38. The first kappa shape index (κ1) is 12.9. The van der Waals surface area contributed by atoms with E-state index in [9.17, 15) is 9.18 Å². The van der Waals surface area contributed by atoms with Gasteiger partial charge in [-0.05, 0) is 25.1 Å². The Morgan fingerprint density at radius 1 is 1.62 bits per heavy atom. The van der Waals surface area contributed by atoms with Crippen LogP contribution in [-0.4, -0.2) is 19.4 Å². The van der Waals surface area contributed by atoms with E-state index in [0.717, 1.165) is 0 Å². The van der Waals surface area contributed by atoms with Crippen LogP contribution in [0.25, 0.3) is 0 Å². The minimum atomic E-state index is -0.625. The maximum Gasteiger partial charge on any atom is 0.169 e. The normalized spacial score (nSPS) is 10.3. The molecular formula is C11H13ClFNO2. The van der Waals surface area contributed by atoms with Crippen LogP contribution in [0.5, 0.6) is 5.75 Å². The molecular weight excluding hydrogens is 233 g/mol. The number of methoxy groups -OCH3 is 1. The molecule has 1 rings (SSSR count). The van der Waals surface area contributed by atoms with Crippen molar-refractivity contribution < 1.29 is 13.9 Å². The number of nitrogens with two attached hydrogens (primary N) is 1. The first-order valence-electron chi connectivity index (χ1n) is 4.78. The molecule has 3 nitrogen and oxygen atoms in total. The van der Waals surface area contributed by atoms with Crippen LogP contribution in [0.15, 0.2) is 6.07 Å². The quantitative estimate of drug-likeness (QED) is 0.829. The van der Waals surface area contributed by atoms with Gasteiger partial charge in [0.05, 0.1) is 17.7 Å². The highest BCUT2D eigenvalue weighted by Crippen LogP contribution is 2.33. The molecule has 0 spiro atoms. The molecule has 0 aliphatic rings. The third-order valence-corrected chi connectivity index (χ3v) is 2.58. The number of rotatable bonds is 4. The summed E-state index contributed by atoms with van der Waals surface area (Å²) in [4.78, 5) is 11.7. The van der Waals surface area contributed by atoms with E-state index < -0.39 is 5.82 Å². The van der Waals surface area contributed by atoms with Crippen LogP contribution in [0.2, 0.25) is 5.02 Å². The number of carbonyl (C=O) groups excluding carboxylic acids is 1. The number of ketones is 1. The average molecular weight is 246 g/mol. The van der Waals surface area contributed by atoms with Crippen LogP contribution in [-0.2, 0) is 0 Å². The van der Waals surface area contributed by atoms with Crippen molar-refractivity contribution in [1.29, 1.82) is 0 Å². The lowest BCUT2D eigenvalue weighted by Gasteiger charge is -2.12. The van der Waals surface area contributed by atoms with Crippen LogP contribution in [0, 0.1) is 12.7 Å². The Morgan fingerprint density at radius 2 is 2.25 bits per heavy atom. The molecule has 0 atom stereocenters. The molecule has 0 aliphatic heterocycles. The molecule has 5 heteroatoms. The van der Waals surface area contributed by atoms with E-state index >= 15 is 0 Å². The zero-order valence-electron chi connectivity index (χ0n) is 9.14. The molecule has 0 aromatic heterocycles. The highest BCUT2D eigenvalue weighted by molar-refractivity contribution is 6.34. The molecule has 0 radical (unpaired) electrons. The fraction of sp³-hybridized carbons (Fsp3) is 0.364. The second-order valence-corrected chi connectivity index (χ2v) is 3.74. The van der Waals surface area contributed by atoms with Crippen molar-refractivity contribution in [2.45, 2.75) is 13.3 Å². The lowest BCUT2D eigenvalue weighted by Crippen LogP contribution is -2.11. The predicted octanol–water partition coefficient (Wildman–Crippen LogP) is 2.33. The maximum absolute atomic E-state index is 13.4. The van der Waals surface area contributed by atoms with Gasteiger partial charge in [0.2, 0.25) is 0 Å². The van der Waals surface area contributed by atoms with E-state index in [4.69, 9.17) is 22.1 Å². The van der Waals surface area contributed by atoms with Gasteiger partial charge in [-0.1, -0.05) is 11.6 Å². The van der Waals surface area contributed by atoms with E-state index in [2.05, 4.69) is 0 Å². The second kappa shape index (κ2) is 5.27. The monoisotopic (exact) mass is 245 g/mol. The largest absolute Gasteiger partial charge is 0.496 e. The maximum atomic E-state index is 13.4. The summed E-state index contributed by atoms with van der Waals surface area (Å²) in [5.74, 6) is -0.628. The van der Waals surface area contributed by atoms with Gasteiger partial charge in [-0.25, -0.2) is 4.39 Å². The molecule has 0 unspecified atom stereocenters. The highest BCUT2D eigenvalue weighted by Gasteiger charge is 2.21. The van der Waals surface area contributed by atoms with E-state index in [1.807, 2.05) is 0 Å². The third-order valence-electron chi connectivity index (χ3n) is 2.21. The predicted molar refractivity (Wildman–Crippen MR) is 60.7 cm³/mol. The zero-order chi connectivity index (χ0) is 12.3. The fourth-order valence-electron chi connectivity index (χ4n) is 1.50. The molecule has 88 valence electrons. The van der Waals surface area contributed by atoms with Gasteiger partial charge >= 0.3 is 0 Å². The molecule has 2 N–H and O–H groups in total. The molecule has 0 aliphatic carbocycles. The summed E-state index contributed by atoms with van der Waals surface area (Å²) in [5.41, 5.74) is 5.89. The summed E-state index contributed by atoms with van der Waals surface area (Å²) in [6.45, 7) is 1.84. The van der Waals surface area contributed by atoms with Gasteiger partial charge in [-0.2, -0.15) is 0 Å². The summed E-state index contributed by atoms with van der Waals surface area (Å²) in [7, 11) is 1.41. The molecule has 1 aromatic rings. The number of hydrogen-bond donors (Lipinski definition) is 1. The Bertz CT molecular complexity index is 421. The number of carbonyl (C=O) groups is 1. The van der Waals surface area contributed by atoms with Gasteiger partial charge in [-0.3, -0.25) is 4.79 Å². The Kier molecular flexibility index (Phi) is 4.26. The molecule has 16 heavy (non-hydrogen) atoms. The number of hydrogen-bond acceptors (Lipinski definition) is 3. The minimum absolute atomic E-state index is 0.0760. The summed E-state index contributed by atoms with van der Waals surface area (Å²) in [5, 5.41) is -0.207. The van der Waals surface area contributed by atoms with Crippen LogP contribution in [0.3, 0.4) is 0 Å². The van der Waals surface area contributed by atoms with Crippen molar-refractivity contribution in [2.75, 3.05) is 13.7 Å². The van der Waals surface area contributed by atoms with Crippen molar-refractivity contribution in [3.05, 3.63) is 28.0 Å². The van der Waals surface area contributed by atoms with Gasteiger partial charge in [0, 0.05) is 6.42 Å². The molecule has 0 saturated heterocycles. The Morgan fingerprint density at radius 3 is 2.75 bits per heavy atom. The van der Waals surface area contributed by atoms with Crippen LogP contribution in [0.4, 0.5) is 4.39 Å².